The molecule has 0 spiro atoms. The molecule has 9 heteroatoms. The first kappa shape index (κ1) is 27.3. The van der Waals surface area contributed by atoms with Crippen molar-refractivity contribution in [3.05, 3.63) is 53.6 Å². The third kappa shape index (κ3) is 8.81. The Bertz CT molecular complexity index is 873. The van der Waals surface area contributed by atoms with E-state index in [0.29, 0.717) is 30.5 Å². The van der Waals surface area contributed by atoms with Gasteiger partial charge in [-0.3, -0.25) is 4.79 Å². The predicted octanol–water partition coefficient (Wildman–Crippen LogP) is 2.70. The lowest BCUT2D eigenvalue weighted by Crippen LogP contribution is -2.43. The summed E-state index contributed by atoms with van der Waals surface area (Å²) in [5.74, 6) is 2.69. The topological polar surface area (TPSA) is 84.4 Å². The highest BCUT2D eigenvalue weighted by Crippen LogP contribution is 2.27. The number of nitrogens with one attached hydrogen (secondary N) is 2. The number of aliphatic imine (C=N–C) groups is 1. The van der Waals surface area contributed by atoms with Gasteiger partial charge in [0.2, 0.25) is 5.91 Å². The Morgan fingerprint density at radius 1 is 0.906 bits per heavy atom. The SMILES string of the molecule is COc1ccc(CCNC(=NCc2ccc(OC)c(OC)c2)NCC(=O)N(C)C)cc1.I. The van der Waals surface area contributed by atoms with Crippen molar-refractivity contribution in [1.29, 1.82) is 0 Å². The maximum atomic E-state index is 12.0. The number of carbonyl (C=O) groups is 1. The summed E-state index contributed by atoms with van der Waals surface area (Å²) in [6.07, 6.45) is 0.808. The highest BCUT2D eigenvalue weighted by Gasteiger charge is 2.08. The summed E-state index contributed by atoms with van der Waals surface area (Å²) >= 11 is 0. The lowest BCUT2D eigenvalue weighted by molar-refractivity contribution is -0.127. The standard InChI is InChI=1S/C23H32N4O4.HI/c1-27(2)22(28)16-26-23(24-13-12-17-6-9-19(29-3)10-7-17)25-15-18-8-11-20(30-4)21(14-18)31-5;/h6-11,14H,12-13,15-16H2,1-5H3,(H2,24,25,26);1H. The number of likely N-dealkylation sites (N-methyl/N-ethyl adjacent to an activating group) is 1. The smallest absolute Gasteiger partial charge is 0.241 e. The molecule has 0 saturated carbocycles. The summed E-state index contributed by atoms with van der Waals surface area (Å²) in [6, 6.07) is 13.6. The van der Waals surface area contributed by atoms with Crippen LogP contribution >= 0.6 is 24.0 Å². The molecule has 2 rings (SSSR count). The van der Waals surface area contributed by atoms with E-state index in [4.69, 9.17) is 14.2 Å². The van der Waals surface area contributed by atoms with Gasteiger partial charge in [0.15, 0.2) is 17.5 Å². The lowest BCUT2D eigenvalue weighted by atomic mass is 10.1. The van der Waals surface area contributed by atoms with Crippen LogP contribution in [0.4, 0.5) is 0 Å². The van der Waals surface area contributed by atoms with Crippen molar-refractivity contribution < 1.29 is 19.0 Å². The molecule has 32 heavy (non-hydrogen) atoms. The summed E-state index contributed by atoms with van der Waals surface area (Å²) in [5, 5.41) is 6.39. The molecule has 1 amide bonds. The highest BCUT2D eigenvalue weighted by atomic mass is 127. The number of rotatable bonds is 10. The molecule has 0 heterocycles. The monoisotopic (exact) mass is 556 g/mol. The molecule has 0 aliphatic rings. The maximum Gasteiger partial charge on any atom is 0.241 e. The minimum Gasteiger partial charge on any atom is -0.497 e. The van der Waals surface area contributed by atoms with E-state index in [9.17, 15) is 4.79 Å². The van der Waals surface area contributed by atoms with Crippen LogP contribution in [0.3, 0.4) is 0 Å². The molecule has 0 fully saturated rings. The second-order valence-corrected chi connectivity index (χ2v) is 7.02. The molecule has 2 aromatic rings. The van der Waals surface area contributed by atoms with Crippen LogP contribution in [0.25, 0.3) is 0 Å². The van der Waals surface area contributed by atoms with E-state index < -0.39 is 0 Å². The largest absolute Gasteiger partial charge is 0.497 e. The first-order valence-electron chi connectivity index (χ1n) is 10.0. The fourth-order valence-electron chi connectivity index (χ4n) is 2.76. The van der Waals surface area contributed by atoms with Gasteiger partial charge in [0.1, 0.15) is 5.75 Å². The molecule has 0 aliphatic carbocycles. The Morgan fingerprint density at radius 2 is 1.56 bits per heavy atom. The summed E-state index contributed by atoms with van der Waals surface area (Å²) in [4.78, 5) is 18.1. The molecule has 0 bridgehead atoms. The quantitative estimate of drug-likeness (QED) is 0.266. The van der Waals surface area contributed by atoms with E-state index in [-0.39, 0.29) is 36.4 Å². The van der Waals surface area contributed by atoms with Gasteiger partial charge in [-0.05, 0) is 41.8 Å². The van der Waals surface area contributed by atoms with Crippen LogP contribution in [-0.2, 0) is 17.8 Å². The van der Waals surface area contributed by atoms with Gasteiger partial charge < -0.3 is 29.7 Å². The third-order valence-electron chi connectivity index (χ3n) is 4.64. The summed E-state index contributed by atoms with van der Waals surface area (Å²) < 4.78 is 15.8. The zero-order valence-corrected chi connectivity index (χ0v) is 21.6. The molecule has 0 aliphatic heterocycles. The Labute approximate surface area is 207 Å². The average molecular weight is 556 g/mol. The number of hydrogen-bond acceptors (Lipinski definition) is 5. The van der Waals surface area contributed by atoms with Crippen molar-refractivity contribution >= 4 is 35.8 Å². The number of methoxy groups -OCH3 is 3. The van der Waals surface area contributed by atoms with Gasteiger partial charge >= 0.3 is 0 Å². The maximum absolute atomic E-state index is 12.0. The normalized spacial score (nSPS) is 10.6. The van der Waals surface area contributed by atoms with E-state index in [1.54, 1.807) is 35.4 Å². The van der Waals surface area contributed by atoms with Crippen molar-refractivity contribution in [3.63, 3.8) is 0 Å². The van der Waals surface area contributed by atoms with E-state index >= 15 is 0 Å². The minimum absolute atomic E-state index is 0. The zero-order chi connectivity index (χ0) is 22.6. The summed E-state index contributed by atoms with van der Waals surface area (Å²) in [5.41, 5.74) is 2.14. The van der Waals surface area contributed by atoms with Crippen LogP contribution in [0.15, 0.2) is 47.5 Å². The number of amides is 1. The van der Waals surface area contributed by atoms with Crippen molar-refractivity contribution in [2.24, 2.45) is 4.99 Å². The van der Waals surface area contributed by atoms with Gasteiger partial charge in [-0.15, -0.1) is 24.0 Å². The second-order valence-electron chi connectivity index (χ2n) is 7.02. The Morgan fingerprint density at radius 3 is 2.16 bits per heavy atom. The van der Waals surface area contributed by atoms with Gasteiger partial charge in [0.25, 0.3) is 0 Å². The van der Waals surface area contributed by atoms with Gasteiger partial charge in [-0.25, -0.2) is 4.99 Å². The van der Waals surface area contributed by atoms with Crippen LogP contribution in [0.1, 0.15) is 11.1 Å². The van der Waals surface area contributed by atoms with Gasteiger partial charge in [0.05, 0.1) is 34.4 Å². The highest BCUT2D eigenvalue weighted by molar-refractivity contribution is 14.0. The van der Waals surface area contributed by atoms with Crippen molar-refractivity contribution in [2.75, 3.05) is 48.5 Å². The van der Waals surface area contributed by atoms with Crippen LogP contribution in [-0.4, -0.2) is 65.3 Å². The number of guanidine groups is 1. The Balaban J connectivity index is 0.00000512. The van der Waals surface area contributed by atoms with Crippen LogP contribution < -0.4 is 24.8 Å². The molecule has 0 saturated heterocycles. The zero-order valence-electron chi connectivity index (χ0n) is 19.3. The number of carbonyl (C=O) groups excluding carboxylic acids is 1. The van der Waals surface area contributed by atoms with Gasteiger partial charge in [0, 0.05) is 20.6 Å². The summed E-state index contributed by atoms with van der Waals surface area (Å²) in [7, 11) is 8.30. The van der Waals surface area contributed by atoms with Crippen LogP contribution in [0.2, 0.25) is 0 Å². The van der Waals surface area contributed by atoms with Gasteiger partial charge in [-0.2, -0.15) is 0 Å². The Hall–Kier alpha value is -2.69. The van der Waals surface area contributed by atoms with E-state index in [2.05, 4.69) is 15.6 Å². The molecule has 0 aromatic heterocycles. The van der Waals surface area contributed by atoms with E-state index in [1.165, 1.54) is 10.5 Å². The number of nitrogens with zero attached hydrogens (tertiary/aromatic N) is 2. The number of ether oxygens (including phenoxy) is 3. The molecule has 0 radical (unpaired) electrons. The van der Waals surface area contributed by atoms with Crippen LogP contribution in [0.5, 0.6) is 17.2 Å². The molecular formula is C23H33IN4O4. The van der Waals surface area contributed by atoms with Crippen LogP contribution in [0, 0.1) is 0 Å². The van der Waals surface area contributed by atoms with E-state index in [0.717, 1.165) is 17.7 Å². The summed E-state index contributed by atoms with van der Waals surface area (Å²) in [6.45, 7) is 1.25. The third-order valence-corrected chi connectivity index (χ3v) is 4.64. The van der Waals surface area contributed by atoms with E-state index in [1.807, 2.05) is 42.5 Å². The number of benzene rings is 2. The Kier molecular flexibility index (Phi) is 12.3. The molecule has 176 valence electrons. The van der Waals surface area contributed by atoms with Gasteiger partial charge in [-0.1, -0.05) is 18.2 Å². The molecule has 0 atom stereocenters. The average Bonchev–Trinajstić information content (AvgIpc) is 2.80. The van der Waals surface area contributed by atoms with Crippen molar-refractivity contribution in [1.82, 2.24) is 15.5 Å². The first-order chi connectivity index (χ1) is 15.0. The fraction of sp³-hybridized carbons (Fsp3) is 0.391. The predicted molar refractivity (Wildman–Crippen MR) is 137 cm³/mol. The second kappa shape index (κ2) is 14.4. The molecule has 2 aromatic carbocycles. The molecular weight excluding hydrogens is 523 g/mol. The fourth-order valence-corrected chi connectivity index (χ4v) is 2.76. The molecule has 2 N–H and O–H groups in total. The first-order valence-corrected chi connectivity index (χ1v) is 10.0. The number of halogens is 1. The minimum atomic E-state index is -0.0317. The van der Waals surface area contributed by atoms with Crippen molar-refractivity contribution in [2.45, 2.75) is 13.0 Å². The molecule has 0 unspecified atom stereocenters. The number of hydrogen-bond donors (Lipinski definition) is 2. The molecule has 8 nitrogen and oxygen atoms in total. The lowest BCUT2D eigenvalue weighted by Gasteiger charge is -2.15. The van der Waals surface area contributed by atoms with Crippen molar-refractivity contribution in [3.8, 4) is 17.2 Å².